The molecule has 0 spiro atoms. The van der Waals surface area contributed by atoms with Crippen molar-refractivity contribution in [2.24, 2.45) is 17.3 Å². The first-order valence-electron chi connectivity index (χ1n) is 10.7. The summed E-state index contributed by atoms with van der Waals surface area (Å²) < 4.78 is 14.0. The minimum Gasteiger partial charge on any atom is -0.481 e. The molecule has 0 radical (unpaired) electrons. The first-order valence-corrected chi connectivity index (χ1v) is 10.7. The molecule has 5 atom stereocenters. The highest BCUT2D eigenvalue weighted by atomic mass is 19.1. The Morgan fingerprint density at radius 1 is 1.45 bits per heavy atom. The van der Waals surface area contributed by atoms with Crippen LogP contribution in [-0.4, -0.2) is 28.5 Å². The Morgan fingerprint density at radius 2 is 2.21 bits per heavy atom. The number of aliphatic carboxylic acids is 1. The van der Waals surface area contributed by atoms with Crippen molar-refractivity contribution in [2.75, 3.05) is 0 Å². The van der Waals surface area contributed by atoms with Gasteiger partial charge in [-0.05, 0) is 60.5 Å². The van der Waals surface area contributed by atoms with E-state index in [9.17, 15) is 14.3 Å². The molecule has 3 aliphatic carbocycles. The van der Waals surface area contributed by atoms with Gasteiger partial charge in [0.05, 0.1) is 12.5 Å². The fourth-order valence-electron chi connectivity index (χ4n) is 5.47. The second kappa shape index (κ2) is 8.83. The first-order chi connectivity index (χ1) is 13.7. The standard InChI is InChI=1S/C25H33FO3/c1-16(6-4-8-24(28)29)21-11-12-22-18(7-5-13-25(21,22)3)9-10-19-14-20(27)15-23(26)17(19)2/h4,6,9-11,16,20,22-23,27H,2,5,7-8,12-15H2,1,3H3,(H,28,29)/b6-4+,18-9+,19-10-. The van der Waals surface area contributed by atoms with Crippen molar-refractivity contribution < 1.29 is 19.4 Å². The van der Waals surface area contributed by atoms with Crippen LogP contribution in [0.15, 0.2) is 59.3 Å². The topological polar surface area (TPSA) is 57.5 Å². The second-order valence-electron chi connectivity index (χ2n) is 9.05. The number of carboxylic acids is 1. The van der Waals surface area contributed by atoms with Crippen LogP contribution in [0.3, 0.4) is 0 Å². The molecule has 3 aliphatic rings. The fraction of sp³-hybridized carbons (Fsp3) is 0.560. The van der Waals surface area contributed by atoms with Crippen molar-refractivity contribution in [1.29, 1.82) is 0 Å². The molecule has 0 aromatic heterocycles. The minimum atomic E-state index is -1.15. The number of carboxylic acid groups (broad SMARTS) is 1. The molecule has 0 saturated heterocycles. The first kappa shape index (κ1) is 21.8. The highest BCUT2D eigenvalue weighted by Crippen LogP contribution is 2.56. The SMILES string of the molecule is C=C1/C(=C\C=C2/CCCC3(C)C(C(C)/C=C/CC(=O)O)=CCC23)CC(O)CC1F. The molecule has 0 aromatic rings. The van der Waals surface area contributed by atoms with E-state index in [1.165, 1.54) is 11.1 Å². The largest absolute Gasteiger partial charge is 0.481 e. The zero-order valence-corrected chi connectivity index (χ0v) is 17.5. The molecule has 2 saturated carbocycles. The predicted octanol–water partition coefficient (Wildman–Crippen LogP) is 5.69. The van der Waals surface area contributed by atoms with Gasteiger partial charge in [-0.2, -0.15) is 0 Å². The van der Waals surface area contributed by atoms with Gasteiger partial charge in [-0.15, -0.1) is 0 Å². The summed E-state index contributed by atoms with van der Waals surface area (Å²) in [6, 6.07) is 0. The fourth-order valence-corrected chi connectivity index (χ4v) is 5.47. The number of rotatable bonds is 5. The maximum absolute atomic E-state index is 14.0. The number of halogens is 1. The Bertz CT molecular complexity index is 788. The van der Waals surface area contributed by atoms with E-state index in [4.69, 9.17) is 5.11 Å². The molecule has 5 unspecified atom stereocenters. The maximum Gasteiger partial charge on any atom is 0.307 e. The van der Waals surface area contributed by atoms with E-state index < -0.39 is 18.2 Å². The molecule has 0 bridgehead atoms. The summed E-state index contributed by atoms with van der Waals surface area (Å²) in [5, 5.41) is 18.8. The zero-order valence-electron chi connectivity index (χ0n) is 17.5. The van der Waals surface area contributed by atoms with Gasteiger partial charge in [-0.3, -0.25) is 4.79 Å². The summed E-state index contributed by atoms with van der Waals surface area (Å²) in [6.45, 7) is 8.37. The van der Waals surface area contributed by atoms with Gasteiger partial charge >= 0.3 is 5.97 Å². The van der Waals surface area contributed by atoms with Crippen LogP contribution in [0.25, 0.3) is 0 Å². The summed E-state index contributed by atoms with van der Waals surface area (Å²) >= 11 is 0. The van der Waals surface area contributed by atoms with Gasteiger partial charge in [0.15, 0.2) is 0 Å². The molecule has 0 heterocycles. The van der Waals surface area contributed by atoms with Crippen LogP contribution in [0.2, 0.25) is 0 Å². The van der Waals surface area contributed by atoms with Crippen molar-refractivity contribution in [3.8, 4) is 0 Å². The van der Waals surface area contributed by atoms with E-state index in [0.717, 1.165) is 31.3 Å². The van der Waals surface area contributed by atoms with Gasteiger partial charge in [-0.25, -0.2) is 4.39 Å². The Balaban J connectivity index is 1.77. The van der Waals surface area contributed by atoms with E-state index in [2.05, 4.69) is 32.6 Å². The molecule has 2 fully saturated rings. The van der Waals surface area contributed by atoms with E-state index in [-0.39, 0.29) is 24.2 Å². The van der Waals surface area contributed by atoms with E-state index >= 15 is 0 Å². The number of aliphatic hydroxyl groups excluding tert-OH is 1. The van der Waals surface area contributed by atoms with Crippen LogP contribution in [-0.2, 0) is 4.79 Å². The lowest BCUT2D eigenvalue weighted by Crippen LogP contribution is -2.32. The second-order valence-corrected chi connectivity index (χ2v) is 9.05. The number of hydrogen-bond acceptors (Lipinski definition) is 2. The summed E-state index contributed by atoms with van der Waals surface area (Å²) in [5.41, 5.74) is 4.22. The lowest BCUT2D eigenvalue weighted by molar-refractivity contribution is -0.136. The Hall–Kier alpha value is -1.94. The van der Waals surface area contributed by atoms with Gasteiger partial charge in [0.1, 0.15) is 6.17 Å². The van der Waals surface area contributed by atoms with Crippen LogP contribution < -0.4 is 0 Å². The van der Waals surface area contributed by atoms with Crippen molar-refractivity contribution in [1.82, 2.24) is 0 Å². The smallest absolute Gasteiger partial charge is 0.307 e. The molecule has 0 aliphatic heterocycles. The minimum absolute atomic E-state index is 0.0573. The van der Waals surface area contributed by atoms with Crippen molar-refractivity contribution >= 4 is 5.97 Å². The summed E-state index contributed by atoms with van der Waals surface area (Å²) in [4.78, 5) is 10.8. The van der Waals surface area contributed by atoms with E-state index in [1.807, 2.05) is 12.2 Å². The molecule has 3 nitrogen and oxygen atoms in total. The number of fused-ring (bicyclic) bond motifs is 1. The summed E-state index contributed by atoms with van der Waals surface area (Å²) in [7, 11) is 0. The molecule has 0 aromatic carbocycles. The monoisotopic (exact) mass is 400 g/mol. The number of carbonyl (C=O) groups is 1. The average molecular weight is 401 g/mol. The Labute approximate surface area is 173 Å². The third-order valence-corrected chi connectivity index (χ3v) is 7.04. The van der Waals surface area contributed by atoms with Gasteiger partial charge in [-0.1, -0.05) is 62.0 Å². The van der Waals surface area contributed by atoms with E-state index in [1.54, 1.807) is 6.08 Å². The molecule has 29 heavy (non-hydrogen) atoms. The maximum atomic E-state index is 14.0. The molecular weight excluding hydrogens is 367 g/mol. The van der Waals surface area contributed by atoms with Crippen LogP contribution in [0.5, 0.6) is 0 Å². The Morgan fingerprint density at radius 3 is 2.93 bits per heavy atom. The zero-order chi connectivity index (χ0) is 21.2. The third-order valence-electron chi connectivity index (χ3n) is 7.04. The number of aliphatic hydroxyl groups is 1. The van der Waals surface area contributed by atoms with Crippen LogP contribution in [0.4, 0.5) is 4.39 Å². The quantitative estimate of drug-likeness (QED) is 0.583. The normalized spacial score (nSPS) is 36.5. The summed E-state index contributed by atoms with van der Waals surface area (Å²) in [5.74, 6) is -0.150. The average Bonchev–Trinajstić information content (AvgIpc) is 3.00. The van der Waals surface area contributed by atoms with Crippen molar-refractivity contribution in [3.63, 3.8) is 0 Å². The number of alkyl halides is 1. The molecule has 2 N–H and O–H groups in total. The third kappa shape index (κ3) is 4.63. The van der Waals surface area contributed by atoms with Gasteiger partial charge in [0.25, 0.3) is 0 Å². The van der Waals surface area contributed by atoms with Gasteiger partial charge in [0.2, 0.25) is 0 Å². The molecule has 3 rings (SSSR count). The highest BCUT2D eigenvalue weighted by molar-refractivity contribution is 5.68. The van der Waals surface area contributed by atoms with Crippen LogP contribution >= 0.6 is 0 Å². The van der Waals surface area contributed by atoms with Gasteiger partial charge < -0.3 is 10.2 Å². The Kier molecular flexibility index (Phi) is 6.62. The highest BCUT2D eigenvalue weighted by Gasteiger charge is 2.45. The lowest BCUT2D eigenvalue weighted by Gasteiger charge is -2.42. The molecular formula is C25H33FO3. The molecule has 4 heteroatoms. The van der Waals surface area contributed by atoms with Crippen LogP contribution in [0, 0.1) is 17.3 Å². The van der Waals surface area contributed by atoms with E-state index in [0.29, 0.717) is 17.9 Å². The predicted molar refractivity (Wildman–Crippen MR) is 114 cm³/mol. The van der Waals surface area contributed by atoms with Crippen molar-refractivity contribution in [3.05, 3.63) is 59.3 Å². The summed E-state index contributed by atoms with van der Waals surface area (Å²) in [6.07, 6.45) is 13.4. The lowest BCUT2D eigenvalue weighted by atomic mass is 9.62. The molecule has 0 amide bonds. The number of allylic oxidation sites excluding steroid dienone is 7. The van der Waals surface area contributed by atoms with Crippen LogP contribution in [0.1, 0.15) is 58.8 Å². The molecule has 158 valence electrons. The van der Waals surface area contributed by atoms with Crippen molar-refractivity contribution in [2.45, 2.75) is 71.1 Å². The number of hydrogen-bond donors (Lipinski definition) is 2. The van der Waals surface area contributed by atoms with Gasteiger partial charge in [0, 0.05) is 6.42 Å².